The van der Waals surface area contributed by atoms with Crippen LogP contribution in [0.5, 0.6) is 0 Å². The summed E-state index contributed by atoms with van der Waals surface area (Å²) in [5, 5.41) is 3.66. The van der Waals surface area contributed by atoms with Gasteiger partial charge in [0.2, 0.25) is 0 Å². The summed E-state index contributed by atoms with van der Waals surface area (Å²) >= 11 is 0. The summed E-state index contributed by atoms with van der Waals surface area (Å²) in [7, 11) is 0. The smallest absolute Gasteiger partial charge is 0.154 e. The van der Waals surface area contributed by atoms with Crippen molar-refractivity contribution in [1.29, 1.82) is 0 Å². The maximum absolute atomic E-state index is 5.57. The largest absolute Gasteiger partial charge is 0.373 e. The summed E-state index contributed by atoms with van der Waals surface area (Å²) in [6, 6.07) is 0.807. The lowest BCUT2D eigenvalue weighted by molar-refractivity contribution is 0.115. The van der Waals surface area contributed by atoms with E-state index in [1.54, 1.807) is 0 Å². The van der Waals surface area contributed by atoms with Crippen molar-refractivity contribution < 1.29 is 4.74 Å². The van der Waals surface area contributed by atoms with E-state index in [1.807, 2.05) is 0 Å². The van der Waals surface area contributed by atoms with Gasteiger partial charge in [0.15, 0.2) is 5.82 Å². The zero-order valence-corrected chi connectivity index (χ0v) is 13.3. The predicted molar refractivity (Wildman–Crippen MR) is 83.3 cm³/mol. The molecule has 4 nitrogen and oxygen atoms in total. The summed E-state index contributed by atoms with van der Waals surface area (Å²) < 4.78 is 5.57. The van der Waals surface area contributed by atoms with Gasteiger partial charge in [-0.15, -0.1) is 0 Å². The second-order valence-corrected chi connectivity index (χ2v) is 6.49. The third-order valence-corrected chi connectivity index (χ3v) is 4.48. The van der Waals surface area contributed by atoms with Gasteiger partial charge in [-0.1, -0.05) is 6.92 Å². The molecule has 116 valence electrons. The van der Waals surface area contributed by atoms with Crippen molar-refractivity contribution in [3.63, 3.8) is 0 Å². The average molecular weight is 289 g/mol. The third kappa shape index (κ3) is 4.01. The van der Waals surface area contributed by atoms with E-state index >= 15 is 0 Å². The Hall–Kier alpha value is -1.00. The van der Waals surface area contributed by atoms with Gasteiger partial charge in [-0.3, -0.25) is 0 Å². The minimum atomic E-state index is 0.550. The summed E-state index contributed by atoms with van der Waals surface area (Å²) in [4.78, 5) is 9.38. The van der Waals surface area contributed by atoms with Crippen molar-refractivity contribution in [3.05, 3.63) is 22.8 Å². The minimum Gasteiger partial charge on any atom is -0.373 e. The Balaban J connectivity index is 1.61. The lowest BCUT2D eigenvalue weighted by Gasteiger charge is -2.25. The predicted octanol–water partition coefficient (Wildman–Crippen LogP) is 2.57. The Bertz CT molecular complexity index is 485. The molecule has 1 atom stereocenters. The number of aryl methyl sites for hydroxylation is 2. The van der Waals surface area contributed by atoms with E-state index in [-0.39, 0.29) is 0 Å². The highest BCUT2D eigenvalue weighted by Crippen LogP contribution is 2.27. The van der Waals surface area contributed by atoms with E-state index in [4.69, 9.17) is 9.72 Å². The van der Waals surface area contributed by atoms with Gasteiger partial charge in [-0.05, 0) is 63.5 Å². The molecule has 1 aromatic heterocycles. The Morgan fingerprint density at radius 3 is 2.86 bits per heavy atom. The fourth-order valence-corrected chi connectivity index (χ4v) is 3.09. The maximum Gasteiger partial charge on any atom is 0.154 e. The number of fused-ring (bicyclic) bond motifs is 1. The van der Waals surface area contributed by atoms with Crippen molar-refractivity contribution in [1.82, 2.24) is 15.3 Å². The maximum atomic E-state index is 5.57. The first-order valence-corrected chi connectivity index (χ1v) is 8.42. The summed E-state index contributed by atoms with van der Waals surface area (Å²) in [5.41, 5.74) is 3.81. The molecule has 1 heterocycles. The third-order valence-electron chi connectivity index (χ3n) is 4.48. The van der Waals surface area contributed by atoms with Crippen molar-refractivity contribution in [2.24, 2.45) is 5.92 Å². The van der Waals surface area contributed by atoms with Gasteiger partial charge in [0.05, 0.1) is 0 Å². The number of hydrogen-bond donors (Lipinski definition) is 1. The second kappa shape index (κ2) is 6.84. The topological polar surface area (TPSA) is 47.0 Å². The lowest BCUT2D eigenvalue weighted by atomic mass is 9.85. The SMILES string of the molecule is CCCOCc1nc(C)c2c(n1)CCC(CNC1CC1)C2. The molecule has 0 aromatic carbocycles. The first-order valence-electron chi connectivity index (χ1n) is 8.42. The van der Waals surface area contributed by atoms with Crippen LogP contribution in [-0.2, 0) is 24.2 Å². The molecule has 1 unspecified atom stereocenters. The van der Waals surface area contributed by atoms with E-state index in [0.29, 0.717) is 6.61 Å². The van der Waals surface area contributed by atoms with Crippen LogP contribution in [0.4, 0.5) is 0 Å². The zero-order valence-electron chi connectivity index (χ0n) is 13.3. The molecule has 2 aliphatic carbocycles. The Morgan fingerprint density at radius 1 is 1.24 bits per heavy atom. The number of aromatic nitrogens is 2. The Morgan fingerprint density at radius 2 is 2.10 bits per heavy atom. The van der Waals surface area contributed by atoms with Crippen LogP contribution in [0.2, 0.25) is 0 Å². The highest BCUT2D eigenvalue weighted by Gasteiger charge is 2.26. The molecule has 1 saturated carbocycles. The van der Waals surface area contributed by atoms with Crippen molar-refractivity contribution in [3.8, 4) is 0 Å². The van der Waals surface area contributed by atoms with Crippen molar-refractivity contribution >= 4 is 0 Å². The lowest BCUT2D eigenvalue weighted by Crippen LogP contribution is -2.29. The molecular weight excluding hydrogens is 262 g/mol. The molecule has 21 heavy (non-hydrogen) atoms. The first kappa shape index (κ1) is 14.9. The number of ether oxygens (including phenoxy) is 1. The van der Waals surface area contributed by atoms with E-state index < -0.39 is 0 Å². The normalized spacial score (nSPS) is 21.3. The number of hydrogen-bond acceptors (Lipinski definition) is 4. The fourth-order valence-electron chi connectivity index (χ4n) is 3.09. The van der Waals surface area contributed by atoms with Crippen LogP contribution < -0.4 is 5.32 Å². The molecule has 0 bridgehead atoms. The molecule has 4 heteroatoms. The van der Waals surface area contributed by atoms with Crippen LogP contribution in [-0.4, -0.2) is 29.2 Å². The molecule has 3 rings (SSSR count). The van der Waals surface area contributed by atoms with Crippen LogP contribution in [0.1, 0.15) is 55.4 Å². The molecule has 1 N–H and O–H groups in total. The van der Waals surface area contributed by atoms with E-state index in [2.05, 4.69) is 24.1 Å². The summed E-state index contributed by atoms with van der Waals surface area (Å²) in [5.74, 6) is 1.61. The second-order valence-electron chi connectivity index (χ2n) is 6.49. The van der Waals surface area contributed by atoms with Gasteiger partial charge in [-0.2, -0.15) is 0 Å². The van der Waals surface area contributed by atoms with Gasteiger partial charge in [-0.25, -0.2) is 9.97 Å². The summed E-state index contributed by atoms with van der Waals surface area (Å²) in [6.45, 7) is 6.74. The van der Waals surface area contributed by atoms with Gasteiger partial charge in [0, 0.05) is 24.0 Å². The number of nitrogens with zero attached hydrogens (tertiary/aromatic N) is 2. The quantitative estimate of drug-likeness (QED) is 0.784. The van der Waals surface area contributed by atoms with Gasteiger partial charge in [0.1, 0.15) is 6.61 Å². The summed E-state index contributed by atoms with van der Waals surface area (Å²) in [6.07, 6.45) is 7.25. The molecule has 0 radical (unpaired) electrons. The molecule has 1 aromatic rings. The molecule has 0 aliphatic heterocycles. The van der Waals surface area contributed by atoms with Crippen LogP contribution in [0.15, 0.2) is 0 Å². The molecule has 0 spiro atoms. The first-order chi connectivity index (χ1) is 10.3. The van der Waals surface area contributed by atoms with Gasteiger partial charge < -0.3 is 10.1 Å². The molecular formula is C17H27N3O. The average Bonchev–Trinajstić information content (AvgIpc) is 3.30. The number of nitrogens with one attached hydrogen (secondary N) is 1. The van der Waals surface area contributed by atoms with Crippen molar-refractivity contribution in [2.45, 2.75) is 65.0 Å². The van der Waals surface area contributed by atoms with Crippen LogP contribution in [0.25, 0.3) is 0 Å². The van der Waals surface area contributed by atoms with Crippen LogP contribution in [0.3, 0.4) is 0 Å². The van der Waals surface area contributed by atoms with Gasteiger partial charge in [0.25, 0.3) is 0 Å². The van der Waals surface area contributed by atoms with Crippen LogP contribution >= 0.6 is 0 Å². The number of rotatable bonds is 7. The van der Waals surface area contributed by atoms with E-state index in [9.17, 15) is 0 Å². The Kier molecular flexibility index (Phi) is 4.86. The Labute approximate surface area is 127 Å². The van der Waals surface area contributed by atoms with Crippen molar-refractivity contribution in [2.75, 3.05) is 13.2 Å². The monoisotopic (exact) mass is 289 g/mol. The van der Waals surface area contributed by atoms with E-state index in [1.165, 1.54) is 30.5 Å². The molecule has 2 aliphatic rings. The highest BCUT2D eigenvalue weighted by atomic mass is 16.5. The standard InChI is InChI=1S/C17H27N3O/c1-3-8-21-11-17-19-12(2)15-9-13(4-7-16(15)20-17)10-18-14-5-6-14/h13-14,18H,3-11H2,1-2H3. The van der Waals surface area contributed by atoms with Gasteiger partial charge >= 0.3 is 0 Å². The molecule has 0 amide bonds. The zero-order chi connectivity index (χ0) is 14.7. The molecule has 1 fully saturated rings. The molecule has 0 saturated heterocycles. The van der Waals surface area contributed by atoms with Crippen LogP contribution in [0, 0.1) is 12.8 Å². The fraction of sp³-hybridized carbons (Fsp3) is 0.765. The minimum absolute atomic E-state index is 0.550. The van der Waals surface area contributed by atoms with E-state index in [0.717, 1.165) is 55.9 Å². The highest BCUT2D eigenvalue weighted by molar-refractivity contribution is 5.28.